The van der Waals surface area contributed by atoms with Gasteiger partial charge in [-0.1, -0.05) is 31.2 Å². The first-order chi connectivity index (χ1) is 6.83. The average molecular weight is 187 g/mol. The van der Waals surface area contributed by atoms with E-state index in [1.54, 1.807) is 6.20 Å². The first-order valence-electron chi connectivity index (χ1n) is 4.83. The summed E-state index contributed by atoms with van der Waals surface area (Å²) < 4.78 is 0. The molecule has 14 heavy (non-hydrogen) atoms. The van der Waals surface area contributed by atoms with Gasteiger partial charge in [-0.3, -0.25) is 4.98 Å². The maximum absolute atomic E-state index is 9.79. The summed E-state index contributed by atoms with van der Waals surface area (Å²) in [5.41, 5.74) is 0.922. The van der Waals surface area contributed by atoms with E-state index in [2.05, 4.69) is 4.98 Å². The third kappa shape index (κ3) is 1.49. The third-order valence-corrected chi connectivity index (χ3v) is 2.44. The molecule has 1 atom stereocenters. The number of aliphatic hydroxyl groups is 1. The van der Waals surface area contributed by atoms with Crippen molar-refractivity contribution in [3.8, 4) is 0 Å². The van der Waals surface area contributed by atoms with E-state index in [4.69, 9.17) is 0 Å². The van der Waals surface area contributed by atoms with Crippen LogP contribution in [-0.2, 0) is 0 Å². The minimum absolute atomic E-state index is 0.409. The summed E-state index contributed by atoms with van der Waals surface area (Å²) >= 11 is 0. The lowest BCUT2D eigenvalue weighted by Crippen LogP contribution is -1.97. The molecule has 0 spiro atoms. The van der Waals surface area contributed by atoms with Gasteiger partial charge < -0.3 is 5.11 Å². The summed E-state index contributed by atoms with van der Waals surface area (Å²) in [6.07, 6.45) is 3.88. The summed E-state index contributed by atoms with van der Waals surface area (Å²) in [5, 5.41) is 12.0. The van der Waals surface area contributed by atoms with E-state index in [0.29, 0.717) is 0 Å². The van der Waals surface area contributed by atoms with Gasteiger partial charge in [0.1, 0.15) is 0 Å². The highest BCUT2D eigenvalue weighted by Gasteiger charge is 2.08. The number of nitrogens with zero attached hydrogens (tertiary/aromatic N) is 1. The maximum Gasteiger partial charge on any atom is 0.0808 e. The molecule has 0 radical (unpaired) electrons. The molecule has 0 saturated carbocycles. The number of pyridine rings is 1. The summed E-state index contributed by atoms with van der Waals surface area (Å²) in [6, 6.07) is 7.99. The van der Waals surface area contributed by atoms with Crippen molar-refractivity contribution >= 4 is 10.8 Å². The summed E-state index contributed by atoms with van der Waals surface area (Å²) in [6.45, 7) is 1.96. The molecule has 0 bridgehead atoms. The number of hydrogen-bond donors (Lipinski definition) is 1. The van der Waals surface area contributed by atoms with Gasteiger partial charge in [0, 0.05) is 23.3 Å². The van der Waals surface area contributed by atoms with Crippen LogP contribution in [0.15, 0.2) is 36.7 Å². The Bertz CT molecular complexity index is 434. The van der Waals surface area contributed by atoms with E-state index in [0.717, 1.165) is 22.8 Å². The molecule has 1 aromatic carbocycles. The lowest BCUT2D eigenvalue weighted by molar-refractivity contribution is 0.175. The molecule has 0 unspecified atom stereocenters. The fourth-order valence-electron chi connectivity index (χ4n) is 1.63. The molecule has 1 aromatic heterocycles. The first kappa shape index (κ1) is 9.16. The van der Waals surface area contributed by atoms with Crippen LogP contribution in [0.2, 0.25) is 0 Å². The van der Waals surface area contributed by atoms with Crippen LogP contribution in [0.25, 0.3) is 10.8 Å². The van der Waals surface area contributed by atoms with Gasteiger partial charge >= 0.3 is 0 Å². The quantitative estimate of drug-likeness (QED) is 0.784. The Morgan fingerprint density at radius 2 is 2.07 bits per heavy atom. The smallest absolute Gasteiger partial charge is 0.0808 e. The zero-order valence-corrected chi connectivity index (χ0v) is 8.14. The molecule has 0 aliphatic rings. The Labute approximate surface area is 83.2 Å². The Kier molecular flexibility index (Phi) is 2.46. The van der Waals surface area contributed by atoms with E-state index < -0.39 is 6.10 Å². The van der Waals surface area contributed by atoms with Gasteiger partial charge in [0.05, 0.1) is 6.10 Å². The van der Waals surface area contributed by atoms with E-state index in [1.807, 2.05) is 37.4 Å². The van der Waals surface area contributed by atoms with Crippen LogP contribution in [0.4, 0.5) is 0 Å². The standard InChI is InChI=1S/C12H13NO/c1-2-12(14)11-8-13-7-9-5-3-4-6-10(9)11/h3-8,12,14H,2H2,1H3/t12-/m0/s1. The Hall–Kier alpha value is -1.41. The van der Waals surface area contributed by atoms with Crippen LogP contribution in [0.1, 0.15) is 25.0 Å². The fourth-order valence-corrected chi connectivity index (χ4v) is 1.63. The molecule has 2 rings (SSSR count). The second kappa shape index (κ2) is 3.76. The zero-order valence-electron chi connectivity index (χ0n) is 8.14. The van der Waals surface area contributed by atoms with Crippen molar-refractivity contribution in [3.63, 3.8) is 0 Å². The van der Waals surface area contributed by atoms with Crippen LogP contribution in [0.5, 0.6) is 0 Å². The number of rotatable bonds is 2. The Morgan fingerprint density at radius 3 is 2.86 bits per heavy atom. The third-order valence-electron chi connectivity index (χ3n) is 2.44. The van der Waals surface area contributed by atoms with Crippen LogP contribution in [0.3, 0.4) is 0 Å². The van der Waals surface area contributed by atoms with Crippen molar-refractivity contribution in [2.75, 3.05) is 0 Å². The molecule has 0 aliphatic heterocycles. The van der Waals surface area contributed by atoms with Crippen LogP contribution in [0, 0.1) is 0 Å². The molecule has 72 valence electrons. The van der Waals surface area contributed by atoms with Crippen molar-refractivity contribution in [2.24, 2.45) is 0 Å². The van der Waals surface area contributed by atoms with Crippen molar-refractivity contribution in [3.05, 3.63) is 42.2 Å². The molecule has 2 aromatic rings. The number of aromatic nitrogens is 1. The minimum atomic E-state index is -0.409. The van der Waals surface area contributed by atoms with Gasteiger partial charge in [-0.05, 0) is 11.8 Å². The van der Waals surface area contributed by atoms with Gasteiger partial charge in [0.15, 0.2) is 0 Å². The first-order valence-corrected chi connectivity index (χ1v) is 4.83. The predicted molar refractivity (Wildman–Crippen MR) is 57.0 cm³/mol. The summed E-state index contributed by atoms with van der Waals surface area (Å²) in [5.74, 6) is 0. The Morgan fingerprint density at radius 1 is 1.29 bits per heavy atom. The topological polar surface area (TPSA) is 33.1 Å². The molecule has 0 amide bonds. The molecule has 0 saturated heterocycles. The fraction of sp³-hybridized carbons (Fsp3) is 0.250. The predicted octanol–water partition coefficient (Wildman–Crippen LogP) is 2.68. The lowest BCUT2D eigenvalue weighted by atomic mass is 10.0. The highest BCUT2D eigenvalue weighted by molar-refractivity contribution is 5.84. The largest absolute Gasteiger partial charge is 0.388 e. The van der Waals surface area contributed by atoms with E-state index >= 15 is 0 Å². The SMILES string of the molecule is CC[C@H](O)c1cncc2ccccc12. The monoisotopic (exact) mass is 187 g/mol. The van der Waals surface area contributed by atoms with E-state index in [9.17, 15) is 5.11 Å². The average Bonchev–Trinajstić information content (AvgIpc) is 2.27. The summed E-state index contributed by atoms with van der Waals surface area (Å²) in [4.78, 5) is 4.12. The minimum Gasteiger partial charge on any atom is -0.388 e. The molecule has 2 heteroatoms. The zero-order chi connectivity index (χ0) is 9.97. The van der Waals surface area contributed by atoms with Crippen LogP contribution < -0.4 is 0 Å². The molecular weight excluding hydrogens is 174 g/mol. The number of benzene rings is 1. The van der Waals surface area contributed by atoms with Crippen molar-refractivity contribution in [1.82, 2.24) is 4.98 Å². The van der Waals surface area contributed by atoms with E-state index in [1.165, 1.54) is 0 Å². The van der Waals surface area contributed by atoms with Gasteiger partial charge in [0.2, 0.25) is 0 Å². The van der Waals surface area contributed by atoms with Gasteiger partial charge in [-0.15, -0.1) is 0 Å². The molecule has 1 heterocycles. The van der Waals surface area contributed by atoms with Gasteiger partial charge in [0.25, 0.3) is 0 Å². The number of hydrogen-bond acceptors (Lipinski definition) is 2. The number of fused-ring (bicyclic) bond motifs is 1. The Balaban J connectivity index is 2.65. The van der Waals surface area contributed by atoms with Crippen molar-refractivity contribution < 1.29 is 5.11 Å². The molecule has 0 aliphatic carbocycles. The highest BCUT2D eigenvalue weighted by Crippen LogP contribution is 2.24. The van der Waals surface area contributed by atoms with Gasteiger partial charge in [-0.25, -0.2) is 0 Å². The lowest BCUT2D eigenvalue weighted by Gasteiger charge is -2.10. The van der Waals surface area contributed by atoms with Gasteiger partial charge in [-0.2, -0.15) is 0 Å². The van der Waals surface area contributed by atoms with Crippen LogP contribution >= 0.6 is 0 Å². The number of aliphatic hydroxyl groups excluding tert-OH is 1. The second-order valence-corrected chi connectivity index (χ2v) is 3.37. The maximum atomic E-state index is 9.79. The highest BCUT2D eigenvalue weighted by atomic mass is 16.3. The van der Waals surface area contributed by atoms with Crippen molar-refractivity contribution in [2.45, 2.75) is 19.4 Å². The summed E-state index contributed by atoms with van der Waals surface area (Å²) in [7, 11) is 0. The molecule has 0 fully saturated rings. The molecule has 2 nitrogen and oxygen atoms in total. The molecule has 1 N–H and O–H groups in total. The van der Waals surface area contributed by atoms with E-state index in [-0.39, 0.29) is 0 Å². The normalized spacial score (nSPS) is 13.0. The van der Waals surface area contributed by atoms with Crippen LogP contribution in [-0.4, -0.2) is 10.1 Å². The second-order valence-electron chi connectivity index (χ2n) is 3.37. The molecular formula is C12H13NO. The van der Waals surface area contributed by atoms with Crippen molar-refractivity contribution in [1.29, 1.82) is 0 Å².